The lowest BCUT2D eigenvalue weighted by atomic mass is 10.1. The molecule has 1 aliphatic rings. The van der Waals surface area contributed by atoms with E-state index in [1.165, 1.54) is 61.7 Å². The molecule has 0 spiro atoms. The van der Waals surface area contributed by atoms with Crippen molar-refractivity contribution in [2.75, 3.05) is 12.0 Å². The molecule has 0 aromatic heterocycles. The number of para-hydroxylation sites is 1. The normalized spacial score (nSPS) is 14.4. The van der Waals surface area contributed by atoms with Gasteiger partial charge < -0.3 is 14.8 Å². The van der Waals surface area contributed by atoms with Gasteiger partial charge in [0.15, 0.2) is 16.6 Å². The first-order chi connectivity index (χ1) is 15.9. The van der Waals surface area contributed by atoms with E-state index in [2.05, 4.69) is 5.32 Å². The van der Waals surface area contributed by atoms with E-state index >= 15 is 0 Å². The summed E-state index contributed by atoms with van der Waals surface area (Å²) in [5.41, 5.74) is 0.470. The second kappa shape index (κ2) is 9.17. The van der Waals surface area contributed by atoms with Crippen LogP contribution in [-0.4, -0.2) is 24.1 Å². The lowest BCUT2D eigenvalue weighted by molar-refractivity contribution is -0.113. The molecule has 0 bridgehead atoms. The van der Waals surface area contributed by atoms with Crippen molar-refractivity contribution >= 4 is 41.0 Å². The third kappa shape index (κ3) is 4.44. The van der Waals surface area contributed by atoms with Gasteiger partial charge in [-0.1, -0.05) is 30.3 Å². The number of thiocarbonyl (C=S) groups is 1. The highest BCUT2D eigenvalue weighted by Gasteiger charge is 2.33. The van der Waals surface area contributed by atoms with Crippen molar-refractivity contribution in [1.29, 1.82) is 0 Å². The molecule has 3 aromatic rings. The third-order valence-electron chi connectivity index (χ3n) is 4.77. The fraction of sp³-hybridized carbons (Fsp3) is 0.0417. The average Bonchev–Trinajstić information content (AvgIpc) is 3.08. The minimum atomic E-state index is -0.879. The highest BCUT2D eigenvalue weighted by molar-refractivity contribution is 7.80. The number of nitrogens with one attached hydrogen (secondary N) is 1. The van der Waals surface area contributed by atoms with Gasteiger partial charge in [-0.15, -0.1) is 0 Å². The van der Waals surface area contributed by atoms with Crippen molar-refractivity contribution in [2.24, 2.45) is 0 Å². The van der Waals surface area contributed by atoms with Crippen molar-refractivity contribution in [3.05, 3.63) is 95.2 Å². The van der Waals surface area contributed by atoms with Crippen LogP contribution in [0.3, 0.4) is 0 Å². The topological polar surface area (TPSA) is 67.9 Å². The Kier molecular flexibility index (Phi) is 6.14. The number of amides is 1. The lowest BCUT2D eigenvalue weighted by Crippen LogP contribution is -2.31. The minimum absolute atomic E-state index is 0.0383. The van der Waals surface area contributed by atoms with Crippen LogP contribution in [0.1, 0.15) is 15.9 Å². The van der Waals surface area contributed by atoms with Crippen molar-refractivity contribution in [3.8, 4) is 11.5 Å². The molecule has 1 saturated heterocycles. The molecule has 0 saturated carbocycles. The maximum atomic E-state index is 14.2. The van der Waals surface area contributed by atoms with E-state index in [-0.39, 0.29) is 33.6 Å². The number of halogens is 2. The summed E-state index contributed by atoms with van der Waals surface area (Å²) in [6, 6.07) is 15.8. The molecule has 4 rings (SSSR count). The second-order valence-corrected chi connectivity index (χ2v) is 7.25. The predicted octanol–water partition coefficient (Wildman–Crippen LogP) is 4.45. The van der Waals surface area contributed by atoms with Gasteiger partial charge in [-0.05, 0) is 60.3 Å². The van der Waals surface area contributed by atoms with E-state index in [1.54, 1.807) is 12.1 Å². The smallest absolute Gasteiger partial charge is 0.346 e. The number of methoxy groups -OCH3 is 1. The van der Waals surface area contributed by atoms with Crippen LogP contribution in [-0.2, 0) is 4.79 Å². The summed E-state index contributed by atoms with van der Waals surface area (Å²) < 4.78 is 38.6. The zero-order valence-electron chi connectivity index (χ0n) is 17.2. The lowest BCUT2D eigenvalue weighted by Gasteiger charge is -2.14. The SMILES string of the molecule is COc1cc(/C=C2\NC(=S)N(c3ccccc3F)C2=O)ccc1OC(=O)c1ccccc1F. The van der Waals surface area contributed by atoms with E-state index in [0.717, 1.165) is 11.0 Å². The third-order valence-corrected chi connectivity index (χ3v) is 5.05. The van der Waals surface area contributed by atoms with Crippen LogP contribution in [0, 0.1) is 11.6 Å². The van der Waals surface area contributed by atoms with Gasteiger partial charge in [0.2, 0.25) is 0 Å². The van der Waals surface area contributed by atoms with E-state index < -0.39 is 23.5 Å². The number of hydrogen-bond acceptors (Lipinski definition) is 5. The van der Waals surface area contributed by atoms with Crippen molar-refractivity contribution in [3.63, 3.8) is 0 Å². The van der Waals surface area contributed by atoms with Gasteiger partial charge in [0.05, 0.1) is 18.4 Å². The van der Waals surface area contributed by atoms with Gasteiger partial charge in [-0.3, -0.25) is 4.79 Å². The Balaban J connectivity index is 1.59. The molecule has 0 aliphatic carbocycles. The predicted molar refractivity (Wildman–Crippen MR) is 122 cm³/mol. The van der Waals surface area contributed by atoms with Crippen molar-refractivity contribution < 1.29 is 27.8 Å². The minimum Gasteiger partial charge on any atom is -0.493 e. The number of rotatable bonds is 5. The summed E-state index contributed by atoms with van der Waals surface area (Å²) in [5, 5.41) is 2.81. The molecule has 166 valence electrons. The monoisotopic (exact) mass is 466 g/mol. The number of esters is 1. The number of carbonyl (C=O) groups is 2. The first-order valence-corrected chi connectivity index (χ1v) is 10.1. The molecule has 1 amide bonds. The average molecular weight is 466 g/mol. The van der Waals surface area contributed by atoms with Crippen LogP contribution in [0.2, 0.25) is 0 Å². The first kappa shape index (κ1) is 22.1. The molecule has 0 unspecified atom stereocenters. The second-order valence-electron chi connectivity index (χ2n) is 6.86. The number of nitrogens with zero attached hydrogens (tertiary/aromatic N) is 1. The highest BCUT2D eigenvalue weighted by atomic mass is 32.1. The van der Waals surface area contributed by atoms with Gasteiger partial charge in [0.25, 0.3) is 5.91 Å². The summed E-state index contributed by atoms with van der Waals surface area (Å²) in [6.45, 7) is 0. The molecule has 33 heavy (non-hydrogen) atoms. The zero-order valence-corrected chi connectivity index (χ0v) is 18.0. The maximum Gasteiger partial charge on any atom is 0.346 e. The molecule has 3 aromatic carbocycles. The summed E-state index contributed by atoms with van der Waals surface area (Å²) >= 11 is 5.20. The van der Waals surface area contributed by atoms with Crippen LogP contribution >= 0.6 is 12.2 Å². The van der Waals surface area contributed by atoms with Gasteiger partial charge in [0.1, 0.15) is 17.3 Å². The quantitative estimate of drug-likeness (QED) is 0.259. The Morgan fingerprint density at radius 2 is 1.70 bits per heavy atom. The van der Waals surface area contributed by atoms with Gasteiger partial charge >= 0.3 is 5.97 Å². The fourth-order valence-corrected chi connectivity index (χ4v) is 3.48. The Hall–Kier alpha value is -4.11. The van der Waals surface area contributed by atoms with Gasteiger partial charge in [-0.2, -0.15) is 0 Å². The summed E-state index contributed by atoms with van der Waals surface area (Å²) in [6.07, 6.45) is 1.50. The van der Waals surface area contributed by atoms with Crippen molar-refractivity contribution in [1.82, 2.24) is 5.32 Å². The molecule has 0 radical (unpaired) electrons. The fourth-order valence-electron chi connectivity index (χ4n) is 3.19. The largest absolute Gasteiger partial charge is 0.493 e. The Morgan fingerprint density at radius 3 is 2.39 bits per heavy atom. The number of anilines is 1. The maximum absolute atomic E-state index is 14.2. The Labute approximate surface area is 193 Å². The molecular formula is C24H16F2N2O4S. The number of ether oxygens (including phenoxy) is 2. The molecule has 1 heterocycles. The molecule has 0 atom stereocenters. The Bertz CT molecular complexity index is 1310. The van der Waals surface area contributed by atoms with Crippen LogP contribution in [0.5, 0.6) is 11.5 Å². The number of benzene rings is 3. The van der Waals surface area contributed by atoms with Crippen molar-refractivity contribution in [2.45, 2.75) is 0 Å². The standard InChI is InChI=1S/C24H16F2N2O4S/c1-31-21-13-14(10-11-20(21)32-23(30)15-6-2-3-7-16(15)25)12-18-22(29)28(24(33)27-18)19-9-5-4-8-17(19)26/h2-13H,1H3,(H,27,33)/b18-12-. The van der Waals surface area contributed by atoms with Gasteiger partial charge in [-0.25, -0.2) is 18.5 Å². The molecule has 1 aliphatic heterocycles. The molecule has 1 fully saturated rings. The van der Waals surface area contributed by atoms with Crippen LogP contribution in [0.25, 0.3) is 6.08 Å². The summed E-state index contributed by atoms with van der Waals surface area (Å²) in [7, 11) is 1.38. The van der Waals surface area contributed by atoms with Crippen LogP contribution in [0.4, 0.5) is 14.5 Å². The molecule has 6 nitrogen and oxygen atoms in total. The summed E-state index contributed by atoms with van der Waals surface area (Å²) in [5.74, 6) is -2.44. The van der Waals surface area contributed by atoms with E-state index in [0.29, 0.717) is 5.56 Å². The first-order valence-electron chi connectivity index (χ1n) is 9.65. The number of carbonyl (C=O) groups excluding carboxylic acids is 2. The van der Waals surface area contributed by atoms with E-state index in [9.17, 15) is 18.4 Å². The highest BCUT2D eigenvalue weighted by Crippen LogP contribution is 2.31. The van der Waals surface area contributed by atoms with E-state index in [1.807, 2.05) is 0 Å². The molecule has 9 heteroatoms. The van der Waals surface area contributed by atoms with Crippen LogP contribution in [0.15, 0.2) is 72.4 Å². The van der Waals surface area contributed by atoms with Crippen LogP contribution < -0.4 is 19.7 Å². The van der Waals surface area contributed by atoms with Gasteiger partial charge in [0, 0.05) is 0 Å². The molecular weight excluding hydrogens is 450 g/mol. The summed E-state index contributed by atoms with van der Waals surface area (Å²) in [4.78, 5) is 26.2. The number of hydrogen-bond donors (Lipinski definition) is 1. The molecule has 1 N–H and O–H groups in total. The Morgan fingerprint density at radius 1 is 1.00 bits per heavy atom. The zero-order chi connectivity index (χ0) is 23.5. The van der Waals surface area contributed by atoms with E-state index in [4.69, 9.17) is 21.7 Å².